The summed E-state index contributed by atoms with van der Waals surface area (Å²) < 4.78 is 16.1. The Morgan fingerprint density at radius 3 is 2.52 bits per heavy atom. The molecule has 1 aromatic rings. The van der Waals surface area contributed by atoms with Gasteiger partial charge in [0.2, 0.25) is 6.79 Å². The molecular weight excluding hydrogens is 270 g/mol. The van der Waals surface area contributed by atoms with Crippen molar-refractivity contribution < 1.29 is 19.0 Å². The summed E-state index contributed by atoms with van der Waals surface area (Å²) in [6, 6.07) is 3.22. The number of ether oxygens (including phenoxy) is 3. The molecule has 0 radical (unpaired) electrons. The zero-order valence-electron chi connectivity index (χ0n) is 12.5. The SMILES string of the molecule is CC1(C)CCC(OC(=O)c2cc3c(cc2N)OCO3)CC1. The van der Waals surface area contributed by atoms with Gasteiger partial charge in [0.05, 0.1) is 11.3 Å². The van der Waals surface area contributed by atoms with Crippen molar-refractivity contribution in [2.24, 2.45) is 5.41 Å². The molecule has 0 saturated heterocycles. The lowest BCUT2D eigenvalue weighted by atomic mass is 9.76. The number of nitrogen functional groups attached to an aromatic ring is 1. The summed E-state index contributed by atoms with van der Waals surface area (Å²) in [5.41, 5.74) is 6.97. The molecule has 1 aromatic carbocycles. The second kappa shape index (κ2) is 5.13. The average Bonchev–Trinajstić information content (AvgIpc) is 2.87. The normalized spacial score (nSPS) is 20.3. The zero-order chi connectivity index (χ0) is 15.0. The van der Waals surface area contributed by atoms with Crippen LogP contribution in [0.2, 0.25) is 0 Å². The highest BCUT2D eigenvalue weighted by Crippen LogP contribution is 2.38. The van der Waals surface area contributed by atoms with Crippen molar-refractivity contribution >= 4 is 11.7 Å². The Labute approximate surface area is 124 Å². The Morgan fingerprint density at radius 2 is 1.86 bits per heavy atom. The number of fused-ring (bicyclic) bond motifs is 1. The number of hydrogen-bond acceptors (Lipinski definition) is 5. The molecule has 114 valence electrons. The third kappa shape index (κ3) is 2.91. The molecule has 0 spiro atoms. The van der Waals surface area contributed by atoms with Crippen molar-refractivity contribution in [3.8, 4) is 11.5 Å². The second-order valence-corrected chi connectivity index (χ2v) is 6.56. The van der Waals surface area contributed by atoms with E-state index in [0.29, 0.717) is 28.2 Å². The molecule has 3 rings (SSSR count). The molecule has 2 N–H and O–H groups in total. The topological polar surface area (TPSA) is 70.8 Å². The summed E-state index contributed by atoms with van der Waals surface area (Å²) in [6.45, 7) is 4.66. The highest BCUT2D eigenvalue weighted by molar-refractivity contribution is 5.96. The van der Waals surface area contributed by atoms with E-state index in [0.717, 1.165) is 25.7 Å². The Morgan fingerprint density at radius 1 is 1.24 bits per heavy atom. The van der Waals surface area contributed by atoms with Crippen LogP contribution in [0.3, 0.4) is 0 Å². The average molecular weight is 291 g/mol. The molecule has 2 aliphatic rings. The number of anilines is 1. The van der Waals surface area contributed by atoms with Crippen molar-refractivity contribution in [1.82, 2.24) is 0 Å². The Balaban J connectivity index is 1.69. The number of esters is 1. The molecule has 21 heavy (non-hydrogen) atoms. The number of nitrogens with two attached hydrogens (primary N) is 1. The smallest absolute Gasteiger partial charge is 0.340 e. The Bertz CT molecular complexity index is 558. The van der Waals surface area contributed by atoms with Crippen molar-refractivity contribution in [3.05, 3.63) is 17.7 Å². The quantitative estimate of drug-likeness (QED) is 0.669. The van der Waals surface area contributed by atoms with Gasteiger partial charge in [-0.2, -0.15) is 0 Å². The molecule has 1 heterocycles. The first kappa shape index (κ1) is 14.0. The molecule has 5 nitrogen and oxygen atoms in total. The van der Waals surface area contributed by atoms with Crippen LogP contribution >= 0.6 is 0 Å². The Kier molecular flexibility index (Phi) is 3.43. The molecule has 1 aliphatic carbocycles. The summed E-state index contributed by atoms with van der Waals surface area (Å²) in [5.74, 6) is 0.736. The molecule has 0 atom stereocenters. The summed E-state index contributed by atoms with van der Waals surface area (Å²) >= 11 is 0. The number of carbonyl (C=O) groups is 1. The van der Waals surface area contributed by atoms with Gasteiger partial charge in [-0.05, 0) is 31.1 Å². The monoisotopic (exact) mass is 291 g/mol. The maximum atomic E-state index is 12.3. The lowest BCUT2D eigenvalue weighted by molar-refractivity contribution is 0.00959. The van der Waals surface area contributed by atoms with Gasteiger partial charge in [0, 0.05) is 12.1 Å². The van der Waals surface area contributed by atoms with Crippen LogP contribution in [0.25, 0.3) is 0 Å². The number of carbonyl (C=O) groups excluding carboxylic acids is 1. The summed E-state index contributed by atoms with van der Waals surface area (Å²) in [4.78, 5) is 12.3. The molecular formula is C16H21NO4. The fourth-order valence-electron chi connectivity index (χ4n) is 2.84. The van der Waals surface area contributed by atoms with Gasteiger partial charge in [0.1, 0.15) is 6.10 Å². The highest BCUT2D eigenvalue weighted by atomic mass is 16.7. The fourth-order valence-corrected chi connectivity index (χ4v) is 2.84. The van der Waals surface area contributed by atoms with Gasteiger partial charge < -0.3 is 19.9 Å². The van der Waals surface area contributed by atoms with E-state index in [9.17, 15) is 4.79 Å². The van der Waals surface area contributed by atoms with Gasteiger partial charge in [-0.15, -0.1) is 0 Å². The van der Waals surface area contributed by atoms with Crippen molar-refractivity contribution in [2.45, 2.75) is 45.6 Å². The summed E-state index contributed by atoms with van der Waals surface area (Å²) in [5, 5.41) is 0. The van der Waals surface area contributed by atoms with Crippen LogP contribution in [0.1, 0.15) is 49.9 Å². The third-order valence-corrected chi connectivity index (χ3v) is 4.32. The first-order valence-electron chi connectivity index (χ1n) is 7.35. The van der Waals surface area contributed by atoms with Crippen LogP contribution in [0.4, 0.5) is 5.69 Å². The van der Waals surface area contributed by atoms with Gasteiger partial charge in [-0.3, -0.25) is 0 Å². The van der Waals surface area contributed by atoms with E-state index in [1.165, 1.54) is 0 Å². The van der Waals surface area contributed by atoms with Crippen LogP contribution in [0.5, 0.6) is 11.5 Å². The van der Waals surface area contributed by atoms with Gasteiger partial charge in [-0.1, -0.05) is 13.8 Å². The largest absolute Gasteiger partial charge is 0.459 e. The minimum Gasteiger partial charge on any atom is -0.459 e. The van der Waals surface area contributed by atoms with Crippen LogP contribution in [-0.2, 0) is 4.74 Å². The predicted molar refractivity (Wildman–Crippen MR) is 78.4 cm³/mol. The third-order valence-electron chi connectivity index (χ3n) is 4.32. The number of rotatable bonds is 2. The molecule has 1 aliphatic heterocycles. The van der Waals surface area contributed by atoms with E-state index >= 15 is 0 Å². The van der Waals surface area contributed by atoms with Crippen molar-refractivity contribution in [2.75, 3.05) is 12.5 Å². The Hall–Kier alpha value is -1.91. The van der Waals surface area contributed by atoms with E-state index in [4.69, 9.17) is 19.9 Å². The van der Waals surface area contributed by atoms with Gasteiger partial charge in [-0.25, -0.2) is 4.79 Å². The molecule has 1 fully saturated rings. The summed E-state index contributed by atoms with van der Waals surface area (Å²) in [7, 11) is 0. The zero-order valence-corrected chi connectivity index (χ0v) is 12.5. The molecule has 0 amide bonds. The van der Waals surface area contributed by atoms with E-state index in [1.807, 2.05) is 0 Å². The van der Waals surface area contributed by atoms with Gasteiger partial charge in [0.15, 0.2) is 11.5 Å². The predicted octanol–water partition coefficient (Wildman–Crippen LogP) is 3.12. The molecule has 0 unspecified atom stereocenters. The van der Waals surface area contributed by atoms with Gasteiger partial charge >= 0.3 is 5.97 Å². The van der Waals surface area contributed by atoms with Crippen LogP contribution in [-0.4, -0.2) is 18.9 Å². The number of benzene rings is 1. The van der Waals surface area contributed by atoms with E-state index < -0.39 is 0 Å². The van der Waals surface area contributed by atoms with E-state index in [1.54, 1.807) is 12.1 Å². The minimum atomic E-state index is -0.379. The molecule has 0 aromatic heterocycles. The lowest BCUT2D eigenvalue weighted by Gasteiger charge is -2.33. The van der Waals surface area contributed by atoms with Gasteiger partial charge in [0.25, 0.3) is 0 Å². The second-order valence-electron chi connectivity index (χ2n) is 6.56. The minimum absolute atomic E-state index is 0.0182. The van der Waals surface area contributed by atoms with Crippen molar-refractivity contribution in [3.63, 3.8) is 0 Å². The first-order chi connectivity index (χ1) is 9.94. The summed E-state index contributed by atoms with van der Waals surface area (Å²) in [6.07, 6.45) is 3.94. The fraction of sp³-hybridized carbons (Fsp3) is 0.562. The molecule has 0 bridgehead atoms. The van der Waals surface area contributed by atoms with E-state index in [2.05, 4.69) is 13.8 Å². The maximum Gasteiger partial charge on any atom is 0.340 e. The van der Waals surface area contributed by atoms with E-state index in [-0.39, 0.29) is 18.9 Å². The van der Waals surface area contributed by atoms with Crippen LogP contribution in [0, 0.1) is 5.41 Å². The first-order valence-corrected chi connectivity index (χ1v) is 7.35. The molecule has 5 heteroatoms. The van der Waals surface area contributed by atoms with Crippen LogP contribution < -0.4 is 15.2 Å². The number of hydrogen-bond donors (Lipinski definition) is 1. The molecule has 1 saturated carbocycles. The standard InChI is InChI=1S/C16H21NO4/c1-16(2)5-3-10(4-6-16)21-15(18)11-7-13-14(8-12(11)17)20-9-19-13/h7-8,10H,3-6,9,17H2,1-2H3. The lowest BCUT2D eigenvalue weighted by Crippen LogP contribution is -2.28. The maximum absolute atomic E-state index is 12.3. The highest BCUT2D eigenvalue weighted by Gasteiger charge is 2.30. The van der Waals surface area contributed by atoms with Crippen molar-refractivity contribution in [1.29, 1.82) is 0 Å². The van der Waals surface area contributed by atoms with Crippen LogP contribution in [0.15, 0.2) is 12.1 Å².